The first-order valence-electron chi connectivity index (χ1n) is 7.93. The van der Waals surface area contributed by atoms with Crippen LogP contribution in [0.25, 0.3) is 22.0 Å². The lowest BCUT2D eigenvalue weighted by Crippen LogP contribution is -1.93. The van der Waals surface area contributed by atoms with Crippen molar-refractivity contribution in [3.05, 3.63) is 89.4 Å². The maximum absolute atomic E-state index is 11.2. The van der Waals surface area contributed by atoms with Crippen LogP contribution in [0, 0.1) is 10.1 Å². The Morgan fingerprint density at radius 1 is 0.885 bits per heavy atom. The second-order valence-electron chi connectivity index (χ2n) is 5.61. The molecule has 2 aromatic carbocycles. The van der Waals surface area contributed by atoms with Gasteiger partial charge in [-0.1, -0.05) is 30.3 Å². The summed E-state index contributed by atoms with van der Waals surface area (Å²) < 4.78 is 5.90. The van der Waals surface area contributed by atoms with Gasteiger partial charge in [-0.05, 0) is 24.3 Å². The summed E-state index contributed by atoms with van der Waals surface area (Å²) in [6.45, 7) is 0. The third-order valence-corrected chi connectivity index (χ3v) is 3.99. The summed E-state index contributed by atoms with van der Waals surface area (Å²) in [7, 11) is 0. The minimum Gasteiger partial charge on any atom is -0.455 e. The molecule has 0 radical (unpaired) electrons. The Hall–Kier alpha value is -3.80. The van der Waals surface area contributed by atoms with Crippen LogP contribution in [0.5, 0.6) is 11.5 Å². The van der Waals surface area contributed by atoms with Gasteiger partial charge in [0.25, 0.3) is 5.69 Å². The van der Waals surface area contributed by atoms with Gasteiger partial charge < -0.3 is 4.74 Å². The number of non-ortho nitro benzene ring substituents is 1. The predicted molar refractivity (Wildman–Crippen MR) is 98.1 cm³/mol. The van der Waals surface area contributed by atoms with E-state index in [0.29, 0.717) is 22.3 Å². The maximum Gasteiger partial charge on any atom is 0.279 e. The fourth-order valence-electron chi connectivity index (χ4n) is 2.74. The van der Waals surface area contributed by atoms with Crippen LogP contribution in [0.15, 0.2) is 79.3 Å². The normalized spacial score (nSPS) is 10.6. The largest absolute Gasteiger partial charge is 0.455 e. The van der Waals surface area contributed by atoms with Gasteiger partial charge in [-0.15, -0.1) is 0 Å². The molecule has 26 heavy (non-hydrogen) atoms. The van der Waals surface area contributed by atoms with Crippen molar-refractivity contribution in [2.75, 3.05) is 0 Å². The van der Waals surface area contributed by atoms with E-state index in [0.717, 1.165) is 11.3 Å². The Kier molecular flexibility index (Phi) is 3.99. The molecule has 2 heterocycles. The first-order valence-corrected chi connectivity index (χ1v) is 7.93. The fraction of sp³-hybridized carbons (Fsp3) is 0. The number of ether oxygens (including phenoxy) is 1. The van der Waals surface area contributed by atoms with Crippen molar-refractivity contribution < 1.29 is 9.66 Å². The first kappa shape index (κ1) is 15.7. The molecule has 2 aromatic heterocycles. The quantitative estimate of drug-likeness (QED) is 0.385. The van der Waals surface area contributed by atoms with Gasteiger partial charge in [0.05, 0.1) is 22.2 Å². The summed E-state index contributed by atoms with van der Waals surface area (Å²) >= 11 is 0. The number of fused-ring (bicyclic) bond motifs is 1. The second-order valence-corrected chi connectivity index (χ2v) is 5.61. The summed E-state index contributed by atoms with van der Waals surface area (Å²) in [4.78, 5) is 19.2. The van der Waals surface area contributed by atoms with E-state index < -0.39 is 4.92 Å². The van der Waals surface area contributed by atoms with Crippen molar-refractivity contribution in [2.24, 2.45) is 0 Å². The summed E-state index contributed by atoms with van der Waals surface area (Å²) in [5.74, 6) is 1.07. The number of nitro groups is 1. The molecule has 0 aliphatic carbocycles. The van der Waals surface area contributed by atoms with Crippen molar-refractivity contribution in [1.82, 2.24) is 9.97 Å². The SMILES string of the molecule is O=[N+]([O-])c1ccc(Oc2ccc(-c3ccccc3)nc2)c2ccncc12. The van der Waals surface area contributed by atoms with E-state index in [2.05, 4.69) is 9.97 Å². The highest BCUT2D eigenvalue weighted by molar-refractivity contribution is 5.94. The lowest BCUT2D eigenvalue weighted by molar-refractivity contribution is -0.383. The van der Waals surface area contributed by atoms with Crippen LogP contribution < -0.4 is 4.74 Å². The molecule has 0 aliphatic heterocycles. The van der Waals surface area contributed by atoms with Crippen LogP contribution in [0.1, 0.15) is 0 Å². The topological polar surface area (TPSA) is 78.2 Å². The highest BCUT2D eigenvalue weighted by Gasteiger charge is 2.15. The third kappa shape index (κ3) is 2.95. The van der Waals surface area contributed by atoms with Crippen LogP contribution >= 0.6 is 0 Å². The number of aromatic nitrogens is 2. The Labute approximate surface area is 148 Å². The molecular weight excluding hydrogens is 330 g/mol. The van der Waals surface area contributed by atoms with E-state index in [1.54, 1.807) is 24.5 Å². The molecule has 0 saturated heterocycles. The highest BCUT2D eigenvalue weighted by Crippen LogP contribution is 2.34. The first-order chi connectivity index (χ1) is 12.7. The van der Waals surface area contributed by atoms with Crippen LogP contribution in [-0.4, -0.2) is 14.9 Å². The van der Waals surface area contributed by atoms with E-state index in [9.17, 15) is 10.1 Å². The molecule has 0 saturated carbocycles. The summed E-state index contributed by atoms with van der Waals surface area (Å²) in [5.41, 5.74) is 1.86. The summed E-state index contributed by atoms with van der Waals surface area (Å²) in [5, 5.41) is 12.2. The van der Waals surface area contributed by atoms with Crippen molar-refractivity contribution in [1.29, 1.82) is 0 Å². The average Bonchev–Trinajstić information content (AvgIpc) is 2.69. The van der Waals surface area contributed by atoms with Crippen LogP contribution in [0.4, 0.5) is 5.69 Å². The molecule has 0 atom stereocenters. The Balaban J connectivity index is 1.68. The van der Waals surface area contributed by atoms with Gasteiger partial charge in [0.15, 0.2) is 0 Å². The molecule has 4 rings (SSSR count). The van der Waals surface area contributed by atoms with Crippen molar-refractivity contribution in [3.8, 4) is 22.8 Å². The zero-order valence-electron chi connectivity index (χ0n) is 13.6. The van der Waals surface area contributed by atoms with Gasteiger partial charge in [-0.3, -0.25) is 20.1 Å². The van der Waals surface area contributed by atoms with Gasteiger partial charge in [-0.25, -0.2) is 0 Å². The van der Waals surface area contributed by atoms with Crippen molar-refractivity contribution in [3.63, 3.8) is 0 Å². The van der Waals surface area contributed by atoms with E-state index in [4.69, 9.17) is 4.74 Å². The van der Waals surface area contributed by atoms with Gasteiger partial charge >= 0.3 is 0 Å². The molecule has 6 heteroatoms. The molecule has 0 spiro atoms. The lowest BCUT2D eigenvalue weighted by Gasteiger charge is -2.09. The van der Waals surface area contributed by atoms with E-state index in [-0.39, 0.29) is 5.69 Å². The number of nitrogens with zero attached hydrogens (tertiary/aromatic N) is 3. The maximum atomic E-state index is 11.2. The van der Waals surface area contributed by atoms with Crippen LogP contribution in [-0.2, 0) is 0 Å². The number of hydrogen-bond donors (Lipinski definition) is 0. The lowest BCUT2D eigenvalue weighted by atomic mass is 10.1. The zero-order valence-corrected chi connectivity index (χ0v) is 13.6. The van der Waals surface area contributed by atoms with Crippen molar-refractivity contribution >= 4 is 16.5 Å². The van der Waals surface area contributed by atoms with Crippen LogP contribution in [0.3, 0.4) is 0 Å². The molecule has 0 aliphatic rings. The number of hydrogen-bond acceptors (Lipinski definition) is 5. The molecule has 0 amide bonds. The van der Waals surface area contributed by atoms with Gasteiger partial charge in [0, 0.05) is 29.4 Å². The number of rotatable bonds is 4. The second kappa shape index (κ2) is 6.60. The molecule has 0 N–H and O–H groups in total. The van der Waals surface area contributed by atoms with Gasteiger partial charge in [-0.2, -0.15) is 0 Å². The predicted octanol–water partition coefficient (Wildman–Crippen LogP) is 5.00. The number of benzene rings is 2. The molecule has 4 aromatic rings. The van der Waals surface area contributed by atoms with Crippen molar-refractivity contribution in [2.45, 2.75) is 0 Å². The molecule has 0 unspecified atom stereocenters. The molecule has 6 nitrogen and oxygen atoms in total. The number of nitro benzene ring substituents is 1. The standard InChI is InChI=1S/C20H13N3O3/c24-23(25)19-8-9-20(16-10-11-21-13-17(16)19)26-15-6-7-18(22-12-15)14-4-2-1-3-5-14/h1-13H. The molecule has 126 valence electrons. The summed E-state index contributed by atoms with van der Waals surface area (Å²) in [6, 6.07) is 18.2. The minimum atomic E-state index is -0.427. The molecule has 0 bridgehead atoms. The van der Waals surface area contributed by atoms with Gasteiger partial charge in [0.2, 0.25) is 0 Å². The average molecular weight is 343 g/mol. The zero-order chi connectivity index (χ0) is 17.9. The molecular formula is C20H13N3O3. The fourth-order valence-corrected chi connectivity index (χ4v) is 2.74. The Bertz CT molecular complexity index is 1080. The smallest absolute Gasteiger partial charge is 0.279 e. The van der Waals surface area contributed by atoms with Gasteiger partial charge in [0.1, 0.15) is 11.5 Å². The monoisotopic (exact) mass is 343 g/mol. The third-order valence-electron chi connectivity index (χ3n) is 3.99. The van der Waals surface area contributed by atoms with E-state index in [1.165, 1.54) is 12.3 Å². The van der Waals surface area contributed by atoms with Crippen LogP contribution in [0.2, 0.25) is 0 Å². The highest BCUT2D eigenvalue weighted by atomic mass is 16.6. The van der Waals surface area contributed by atoms with E-state index >= 15 is 0 Å². The number of pyridine rings is 2. The summed E-state index contributed by atoms with van der Waals surface area (Å²) in [6.07, 6.45) is 4.68. The molecule has 0 fully saturated rings. The Morgan fingerprint density at radius 2 is 1.73 bits per heavy atom. The van der Waals surface area contributed by atoms with E-state index in [1.807, 2.05) is 42.5 Å². The Morgan fingerprint density at radius 3 is 2.46 bits per heavy atom. The minimum absolute atomic E-state index is 0.00185.